The van der Waals surface area contributed by atoms with E-state index in [0.29, 0.717) is 11.9 Å². The molecule has 2 aliphatic rings. The van der Waals surface area contributed by atoms with Gasteiger partial charge in [0, 0.05) is 24.2 Å². The number of carbonyl (C=O) groups is 1. The molecule has 2 aliphatic heterocycles. The summed E-state index contributed by atoms with van der Waals surface area (Å²) in [6, 6.07) is 0.517. The van der Waals surface area contributed by atoms with Crippen molar-refractivity contribution < 1.29 is 4.79 Å². The fourth-order valence-electron chi connectivity index (χ4n) is 2.36. The van der Waals surface area contributed by atoms with E-state index in [9.17, 15) is 4.79 Å². The minimum absolute atomic E-state index is 0.0792. The molecule has 86 valence electrons. The highest BCUT2D eigenvalue weighted by Gasteiger charge is 2.30. The standard InChI is InChI=1S/C11H20N2OS/c1-9-5-3-2-4-6-13(9)11(14)10-7-15-8-12-10/h9-10,12H,2-8H2,1H3. The topological polar surface area (TPSA) is 32.3 Å². The zero-order chi connectivity index (χ0) is 10.7. The summed E-state index contributed by atoms with van der Waals surface area (Å²) in [6.07, 6.45) is 4.90. The molecular weight excluding hydrogens is 208 g/mol. The molecule has 0 aromatic heterocycles. The molecule has 1 N–H and O–H groups in total. The first-order chi connectivity index (χ1) is 7.29. The Balaban J connectivity index is 1.96. The van der Waals surface area contributed by atoms with Crippen molar-refractivity contribution in [3.63, 3.8) is 0 Å². The van der Waals surface area contributed by atoms with Gasteiger partial charge in [-0.3, -0.25) is 10.1 Å². The minimum atomic E-state index is 0.0792. The van der Waals surface area contributed by atoms with Gasteiger partial charge in [-0.05, 0) is 19.8 Å². The van der Waals surface area contributed by atoms with E-state index in [1.165, 1.54) is 25.7 Å². The van der Waals surface area contributed by atoms with Crippen LogP contribution in [0.15, 0.2) is 0 Å². The van der Waals surface area contributed by atoms with Crippen molar-refractivity contribution in [2.75, 3.05) is 18.2 Å². The van der Waals surface area contributed by atoms with Crippen molar-refractivity contribution in [2.45, 2.75) is 44.7 Å². The van der Waals surface area contributed by atoms with E-state index in [1.54, 1.807) is 0 Å². The Morgan fingerprint density at radius 2 is 2.27 bits per heavy atom. The molecule has 0 radical (unpaired) electrons. The first kappa shape index (κ1) is 11.3. The fourth-order valence-corrected chi connectivity index (χ4v) is 3.29. The Bertz CT molecular complexity index is 229. The normalized spacial score (nSPS) is 32.7. The van der Waals surface area contributed by atoms with Gasteiger partial charge in [-0.25, -0.2) is 0 Å². The molecule has 2 rings (SSSR count). The number of thioether (sulfide) groups is 1. The van der Waals surface area contributed by atoms with Gasteiger partial charge in [0.05, 0.1) is 6.04 Å². The lowest BCUT2D eigenvalue weighted by molar-refractivity contribution is -0.134. The number of hydrogen-bond acceptors (Lipinski definition) is 3. The predicted octanol–water partition coefficient (Wildman–Crippen LogP) is 1.44. The molecule has 0 aliphatic carbocycles. The molecule has 15 heavy (non-hydrogen) atoms. The van der Waals surface area contributed by atoms with Crippen LogP contribution in [0.3, 0.4) is 0 Å². The van der Waals surface area contributed by atoms with Crippen LogP contribution in [-0.4, -0.2) is 41.1 Å². The average molecular weight is 228 g/mol. The summed E-state index contributed by atoms with van der Waals surface area (Å²) in [6.45, 7) is 3.15. The largest absolute Gasteiger partial charge is 0.339 e. The van der Waals surface area contributed by atoms with E-state index in [1.807, 2.05) is 11.8 Å². The summed E-state index contributed by atoms with van der Waals surface area (Å²) in [5.41, 5.74) is 0. The van der Waals surface area contributed by atoms with Crippen molar-refractivity contribution in [1.82, 2.24) is 10.2 Å². The second-order valence-corrected chi connectivity index (χ2v) is 5.53. The third-order valence-corrected chi connectivity index (χ3v) is 4.29. The monoisotopic (exact) mass is 228 g/mol. The third kappa shape index (κ3) is 2.67. The second kappa shape index (κ2) is 5.21. The molecule has 0 spiro atoms. The number of rotatable bonds is 1. The molecule has 1 amide bonds. The Morgan fingerprint density at radius 1 is 1.40 bits per heavy atom. The molecule has 2 unspecified atom stereocenters. The summed E-state index contributed by atoms with van der Waals surface area (Å²) in [7, 11) is 0. The van der Waals surface area contributed by atoms with Crippen molar-refractivity contribution in [1.29, 1.82) is 0 Å². The quantitative estimate of drug-likeness (QED) is 0.737. The van der Waals surface area contributed by atoms with Crippen molar-refractivity contribution >= 4 is 17.7 Å². The highest BCUT2D eigenvalue weighted by Crippen LogP contribution is 2.19. The Labute approximate surface area is 96.0 Å². The average Bonchev–Trinajstić information content (AvgIpc) is 2.68. The Hall–Kier alpha value is -0.220. The van der Waals surface area contributed by atoms with E-state index in [-0.39, 0.29) is 6.04 Å². The maximum atomic E-state index is 12.2. The third-order valence-electron chi connectivity index (χ3n) is 3.35. The maximum Gasteiger partial charge on any atom is 0.240 e. The lowest BCUT2D eigenvalue weighted by Gasteiger charge is -2.29. The van der Waals surface area contributed by atoms with E-state index in [4.69, 9.17) is 0 Å². The van der Waals surface area contributed by atoms with Crippen LogP contribution in [0.5, 0.6) is 0 Å². The van der Waals surface area contributed by atoms with Crippen LogP contribution >= 0.6 is 11.8 Å². The predicted molar refractivity (Wildman–Crippen MR) is 63.9 cm³/mol. The summed E-state index contributed by atoms with van der Waals surface area (Å²) < 4.78 is 0. The van der Waals surface area contributed by atoms with Crippen LogP contribution in [0.2, 0.25) is 0 Å². The first-order valence-electron chi connectivity index (χ1n) is 5.90. The molecule has 2 atom stereocenters. The van der Waals surface area contributed by atoms with Crippen LogP contribution in [0.4, 0.5) is 0 Å². The van der Waals surface area contributed by atoms with Crippen LogP contribution in [0.1, 0.15) is 32.6 Å². The van der Waals surface area contributed by atoms with E-state index >= 15 is 0 Å². The smallest absolute Gasteiger partial charge is 0.240 e. The van der Waals surface area contributed by atoms with Gasteiger partial charge in [-0.15, -0.1) is 11.8 Å². The van der Waals surface area contributed by atoms with Crippen molar-refractivity contribution in [3.8, 4) is 0 Å². The molecule has 2 fully saturated rings. The molecular formula is C11H20N2OS. The Morgan fingerprint density at radius 3 is 3.00 bits per heavy atom. The minimum Gasteiger partial charge on any atom is -0.339 e. The summed E-state index contributed by atoms with van der Waals surface area (Å²) in [5, 5.41) is 3.27. The SMILES string of the molecule is CC1CCCCCN1C(=O)C1CSCN1. The molecule has 0 aromatic rings. The van der Waals surface area contributed by atoms with Crippen LogP contribution in [0, 0.1) is 0 Å². The zero-order valence-electron chi connectivity index (χ0n) is 9.37. The van der Waals surface area contributed by atoms with Crippen molar-refractivity contribution in [3.05, 3.63) is 0 Å². The Kier molecular flexibility index (Phi) is 3.92. The molecule has 0 bridgehead atoms. The number of amides is 1. The zero-order valence-corrected chi connectivity index (χ0v) is 10.2. The first-order valence-corrected chi connectivity index (χ1v) is 7.06. The number of nitrogens with one attached hydrogen (secondary N) is 1. The van der Waals surface area contributed by atoms with E-state index < -0.39 is 0 Å². The molecule has 2 heterocycles. The van der Waals surface area contributed by atoms with Gasteiger partial charge < -0.3 is 4.90 Å². The van der Waals surface area contributed by atoms with Gasteiger partial charge in [0.15, 0.2) is 0 Å². The molecule has 0 aromatic carbocycles. The van der Waals surface area contributed by atoms with Gasteiger partial charge in [-0.2, -0.15) is 0 Å². The molecule has 2 saturated heterocycles. The number of carbonyl (C=O) groups excluding carboxylic acids is 1. The lowest BCUT2D eigenvalue weighted by atomic mass is 10.1. The second-order valence-electron chi connectivity index (χ2n) is 4.50. The number of hydrogen-bond donors (Lipinski definition) is 1. The van der Waals surface area contributed by atoms with Gasteiger partial charge in [0.1, 0.15) is 0 Å². The summed E-state index contributed by atoms with van der Waals surface area (Å²) in [5.74, 6) is 2.20. The molecule has 0 saturated carbocycles. The highest BCUT2D eigenvalue weighted by molar-refractivity contribution is 7.99. The molecule has 3 nitrogen and oxygen atoms in total. The maximum absolute atomic E-state index is 12.2. The van der Waals surface area contributed by atoms with Crippen LogP contribution in [0.25, 0.3) is 0 Å². The highest BCUT2D eigenvalue weighted by atomic mass is 32.2. The van der Waals surface area contributed by atoms with Crippen molar-refractivity contribution in [2.24, 2.45) is 0 Å². The molecule has 4 heteroatoms. The van der Waals surface area contributed by atoms with Gasteiger partial charge in [0.25, 0.3) is 0 Å². The van der Waals surface area contributed by atoms with Gasteiger partial charge in [-0.1, -0.05) is 12.8 Å². The van der Waals surface area contributed by atoms with Gasteiger partial charge in [0.2, 0.25) is 5.91 Å². The number of nitrogens with zero attached hydrogens (tertiary/aromatic N) is 1. The van der Waals surface area contributed by atoms with Crippen LogP contribution in [-0.2, 0) is 4.79 Å². The fraction of sp³-hybridized carbons (Fsp3) is 0.909. The van der Waals surface area contributed by atoms with E-state index in [0.717, 1.165) is 18.2 Å². The number of likely N-dealkylation sites (tertiary alicyclic amines) is 1. The summed E-state index contributed by atoms with van der Waals surface area (Å²) in [4.78, 5) is 14.3. The summed E-state index contributed by atoms with van der Waals surface area (Å²) >= 11 is 1.82. The lowest BCUT2D eigenvalue weighted by Crippen LogP contribution is -2.48. The van der Waals surface area contributed by atoms with Gasteiger partial charge >= 0.3 is 0 Å². The van der Waals surface area contributed by atoms with Crippen LogP contribution < -0.4 is 5.32 Å². The van der Waals surface area contributed by atoms with E-state index in [2.05, 4.69) is 17.1 Å².